The molecule has 8 atom stereocenters. The average molecular weight is 409 g/mol. The zero-order chi connectivity index (χ0) is 17.8. The first-order valence-electron chi connectivity index (χ1n) is 8.15. The van der Waals surface area contributed by atoms with Gasteiger partial charge < -0.3 is 28.4 Å². The van der Waals surface area contributed by atoms with Gasteiger partial charge in [0.25, 0.3) is 0 Å². The van der Waals surface area contributed by atoms with E-state index in [0.29, 0.717) is 36.8 Å². The Hall–Kier alpha value is -0.0300. The normalized spacial score (nSPS) is 32.6. The SMILES string of the molecule is OC1C[C@H]2C(CC(OP)C2OCC(COc2cccc(Cl)c2)OP)O1. The fourth-order valence-electron chi connectivity index (χ4n) is 3.41. The van der Waals surface area contributed by atoms with Crippen LogP contribution in [-0.4, -0.2) is 49.0 Å². The second-order valence-electron chi connectivity index (χ2n) is 6.26. The molecule has 6 nitrogen and oxygen atoms in total. The molecule has 1 aliphatic carbocycles. The molecule has 9 heteroatoms. The van der Waals surface area contributed by atoms with Crippen LogP contribution in [0.5, 0.6) is 5.75 Å². The van der Waals surface area contributed by atoms with Crippen molar-refractivity contribution in [2.45, 2.75) is 43.5 Å². The van der Waals surface area contributed by atoms with Crippen LogP contribution in [0.3, 0.4) is 0 Å². The Morgan fingerprint density at radius 2 is 2.12 bits per heavy atom. The second kappa shape index (κ2) is 9.25. The predicted octanol–water partition coefficient (Wildman–Crippen LogP) is 2.58. The third kappa shape index (κ3) is 5.03. The van der Waals surface area contributed by atoms with Gasteiger partial charge in [-0.1, -0.05) is 17.7 Å². The summed E-state index contributed by atoms with van der Waals surface area (Å²) in [5.74, 6) is 0.804. The van der Waals surface area contributed by atoms with Crippen molar-refractivity contribution >= 4 is 30.5 Å². The molecular weight excluding hydrogens is 386 g/mol. The third-order valence-corrected chi connectivity index (χ3v) is 5.58. The quantitative estimate of drug-likeness (QED) is 0.667. The van der Waals surface area contributed by atoms with Gasteiger partial charge in [-0.3, -0.25) is 0 Å². The number of hydrogen-bond donors (Lipinski definition) is 1. The number of aliphatic hydroxyl groups is 1. The molecule has 0 bridgehead atoms. The molecule has 2 fully saturated rings. The van der Waals surface area contributed by atoms with Crippen molar-refractivity contribution in [3.8, 4) is 5.75 Å². The predicted molar refractivity (Wildman–Crippen MR) is 99.5 cm³/mol. The van der Waals surface area contributed by atoms with Gasteiger partial charge in [-0.15, -0.1) is 0 Å². The lowest BCUT2D eigenvalue weighted by Gasteiger charge is -2.25. The first kappa shape index (κ1) is 19.7. The van der Waals surface area contributed by atoms with Crippen LogP contribution < -0.4 is 4.74 Å². The number of halogens is 1. The van der Waals surface area contributed by atoms with E-state index in [4.69, 9.17) is 34.9 Å². The van der Waals surface area contributed by atoms with Gasteiger partial charge in [0.05, 0.1) is 24.9 Å². The molecule has 3 rings (SSSR count). The van der Waals surface area contributed by atoms with E-state index in [0.717, 1.165) is 0 Å². The minimum atomic E-state index is -0.716. The molecule has 1 N–H and O–H groups in total. The molecule has 25 heavy (non-hydrogen) atoms. The van der Waals surface area contributed by atoms with Gasteiger partial charge >= 0.3 is 0 Å². The van der Waals surface area contributed by atoms with Crippen molar-refractivity contribution in [2.24, 2.45) is 5.92 Å². The Balaban J connectivity index is 1.51. The summed E-state index contributed by atoms with van der Waals surface area (Å²) in [5.41, 5.74) is 0. The van der Waals surface area contributed by atoms with Gasteiger partial charge in [0, 0.05) is 42.7 Å². The summed E-state index contributed by atoms with van der Waals surface area (Å²) in [7, 11) is 4.54. The van der Waals surface area contributed by atoms with E-state index in [9.17, 15) is 5.11 Å². The van der Waals surface area contributed by atoms with Crippen molar-refractivity contribution in [1.29, 1.82) is 0 Å². The largest absolute Gasteiger partial charge is 0.491 e. The Labute approximate surface area is 157 Å². The Morgan fingerprint density at radius 1 is 1.28 bits per heavy atom. The summed E-state index contributed by atoms with van der Waals surface area (Å²) in [6.45, 7) is 0.675. The van der Waals surface area contributed by atoms with E-state index in [1.54, 1.807) is 12.1 Å². The first-order valence-corrected chi connectivity index (χ1v) is 9.47. The lowest BCUT2D eigenvalue weighted by molar-refractivity contribution is -0.0954. The van der Waals surface area contributed by atoms with Crippen LogP contribution in [0.15, 0.2) is 24.3 Å². The highest BCUT2D eigenvalue weighted by Gasteiger charge is 2.50. The molecule has 1 aromatic rings. The van der Waals surface area contributed by atoms with Gasteiger partial charge in [0.2, 0.25) is 0 Å². The number of benzene rings is 1. The zero-order valence-electron chi connectivity index (χ0n) is 13.6. The third-order valence-electron chi connectivity index (χ3n) is 4.61. The maximum absolute atomic E-state index is 9.69. The highest BCUT2D eigenvalue weighted by molar-refractivity contribution is 7.10. The minimum Gasteiger partial charge on any atom is -0.491 e. The summed E-state index contributed by atoms with van der Waals surface area (Å²) in [4.78, 5) is 0. The highest BCUT2D eigenvalue weighted by Crippen LogP contribution is 2.42. The molecule has 0 amide bonds. The summed E-state index contributed by atoms with van der Waals surface area (Å²) in [6, 6.07) is 7.21. The molecule has 140 valence electrons. The van der Waals surface area contributed by atoms with Crippen LogP contribution in [0.1, 0.15) is 12.8 Å². The van der Waals surface area contributed by atoms with Crippen LogP contribution in [-0.2, 0) is 18.5 Å². The molecular formula is C16H23ClO6P2. The van der Waals surface area contributed by atoms with Crippen molar-refractivity contribution in [2.75, 3.05) is 13.2 Å². The van der Waals surface area contributed by atoms with Gasteiger partial charge in [-0.25, -0.2) is 0 Å². The summed E-state index contributed by atoms with van der Waals surface area (Å²) in [6.07, 6.45) is 0.0441. The molecule has 0 radical (unpaired) electrons. The van der Waals surface area contributed by atoms with Crippen LogP contribution >= 0.6 is 30.5 Å². The zero-order valence-corrected chi connectivity index (χ0v) is 16.7. The van der Waals surface area contributed by atoms with Crippen molar-refractivity contribution < 1.29 is 28.4 Å². The summed E-state index contributed by atoms with van der Waals surface area (Å²) in [5, 5.41) is 10.3. The average Bonchev–Trinajstić information content (AvgIpc) is 3.11. The molecule has 2 aliphatic rings. The van der Waals surface area contributed by atoms with E-state index < -0.39 is 6.29 Å². The summed E-state index contributed by atoms with van der Waals surface area (Å²) >= 11 is 5.95. The van der Waals surface area contributed by atoms with Crippen molar-refractivity contribution in [3.63, 3.8) is 0 Å². The minimum absolute atomic E-state index is 0.0244. The molecule has 1 saturated heterocycles. The maximum atomic E-state index is 9.69. The van der Waals surface area contributed by atoms with Crippen molar-refractivity contribution in [1.82, 2.24) is 0 Å². The van der Waals surface area contributed by atoms with Gasteiger partial charge in [0.1, 0.15) is 18.5 Å². The molecule has 1 saturated carbocycles. The van der Waals surface area contributed by atoms with Gasteiger partial charge in [-0.05, 0) is 18.2 Å². The van der Waals surface area contributed by atoms with E-state index in [1.807, 2.05) is 12.1 Å². The fraction of sp³-hybridized carbons (Fsp3) is 0.625. The second-order valence-corrected chi connectivity index (χ2v) is 7.24. The molecule has 1 aliphatic heterocycles. The Bertz CT molecular complexity index is 565. The van der Waals surface area contributed by atoms with Crippen LogP contribution in [0, 0.1) is 5.92 Å². The van der Waals surface area contributed by atoms with E-state index in [1.165, 1.54) is 0 Å². The lowest BCUT2D eigenvalue weighted by atomic mass is 10.0. The smallest absolute Gasteiger partial charge is 0.155 e. The number of fused-ring (bicyclic) bond motifs is 1. The fourth-order valence-corrected chi connectivity index (χ4v) is 4.02. The van der Waals surface area contributed by atoms with Crippen LogP contribution in [0.4, 0.5) is 0 Å². The Morgan fingerprint density at radius 3 is 2.84 bits per heavy atom. The molecule has 1 heterocycles. The van der Waals surface area contributed by atoms with Crippen molar-refractivity contribution in [3.05, 3.63) is 29.3 Å². The maximum Gasteiger partial charge on any atom is 0.155 e. The number of rotatable bonds is 8. The van der Waals surface area contributed by atoms with E-state index >= 15 is 0 Å². The number of hydrogen-bond acceptors (Lipinski definition) is 6. The van der Waals surface area contributed by atoms with Gasteiger partial charge in [0.15, 0.2) is 6.29 Å². The molecule has 0 spiro atoms. The number of ether oxygens (including phenoxy) is 3. The molecule has 1 aromatic carbocycles. The molecule has 0 aromatic heterocycles. The standard InChI is InChI=1S/C16H23ClO6P2/c17-9-2-1-3-10(4-9)19-7-11(22-24)8-20-16-12-5-15(18)21-13(12)6-14(16)23-25/h1-4,11-16,18H,5-8,24-25H2/t11?,12-,13?,14?,15?,16?/m0/s1. The van der Waals surface area contributed by atoms with Gasteiger partial charge in [-0.2, -0.15) is 0 Å². The highest BCUT2D eigenvalue weighted by atomic mass is 35.5. The van der Waals surface area contributed by atoms with Crippen LogP contribution in [0.25, 0.3) is 0 Å². The Kier molecular flexibility index (Phi) is 7.30. The lowest BCUT2D eigenvalue weighted by Crippen LogP contribution is -2.35. The van der Waals surface area contributed by atoms with E-state index in [-0.39, 0.29) is 30.3 Å². The van der Waals surface area contributed by atoms with Crippen LogP contribution in [0.2, 0.25) is 5.02 Å². The summed E-state index contributed by atoms with van der Waals surface area (Å²) < 4.78 is 28.1. The number of aliphatic hydroxyl groups excluding tert-OH is 1. The first-order chi connectivity index (χ1) is 12.1. The van der Waals surface area contributed by atoms with E-state index in [2.05, 4.69) is 18.9 Å². The molecule has 7 unspecified atom stereocenters. The monoisotopic (exact) mass is 408 g/mol. The topological polar surface area (TPSA) is 66.4 Å².